The molecule has 5 nitrogen and oxygen atoms in total. The molecule has 5 heteroatoms. The Balaban J connectivity index is 4.42. The van der Waals surface area contributed by atoms with E-state index in [1.165, 1.54) is 0 Å². The number of rotatable bonds is 7. The van der Waals surface area contributed by atoms with E-state index in [1.54, 1.807) is 13.8 Å². The van der Waals surface area contributed by atoms with E-state index in [0.29, 0.717) is 0 Å². The molecule has 0 aliphatic carbocycles. The molecule has 0 aromatic carbocycles. The van der Waals surface area contributed by atoms with E-state index in [4.69, 9.17) is 10.2 Å². The fourth-order valence-electron chi connectivity index (χ4n) is 1.26. The van der Waals surface area contributed by atoms with Crippen molar-refractivity contribution in [1.29, 1.82) is 0 Å². The van der Waals surface area contributed by atoms with Crippen LogP contribution in [0, 0.1) is 0 Å². The summed E-state index contributed by atoms with van der Waals surface area (Å²) in [6.07, 6.45) is 0.836. The summed E-state index contributed by atoms with van der Waals surface area (Å²) in [4.78, 5) is 11.9. The molecule has 1 atom stereocenters. The second-order valence-corrected chi connectivity index (χ2v) is 5.47. The fourth-order valence-corrected chi connectivity index (χ4v) is 1.26. The van der Waals surface area contributed by atoms with Crippen LogP contribution in [0.4, 0.5) is 0 Å². The Kier molecular flexibility index (Phi) is 6.09. The van der Waals surface area contributed by atoms with Gasteiger partial charge in [-0.3, -0.25) is 10.1 Å². The first-order valence-corrected chi connectivity index (χ1v) is 6.01. The Morgan fingerprint density at radius 1 is 1.24 bits per heavy atom. The average molecular weight is 246 g/mol. The van der Waals surface area contributed by atoms with E-state index >= 15 is 0 Å². The molecule has 0 fully saturated rings. The Morgan fingerprint density at radius 2 is 1.71 bits per heavy atom. The molecule has 0 aromatic rings. The van der Waals surface area contributed by atoms with Gasteiger partial charge in [-0.25, -0.2) is 0 Å². The summed E-state index contributed by atoms with van der Waals surface area (Å²) in [5.41, 5.74) is -1.09. The molecule has 0 saturated heterocycles. The SMILES string of the molecule is CCC(C)(C)NC(=O)C(C)NC(C)(CO)CO. The van der Waals surface area contributed by atoms with Crippen molar-refractivity contribution in [3.8, 4) is 0 Å². The van der Waals surface area contributed by atoms with Crippen LogP contribution in [0.1, 0.15) is 41.0 Å². The molecule has 0 aliphatic rings. The van der Waals surface area contributed by atoms with Crippen LogP contribution < -0.4 is 10.6 Å². The summed E-state index contributed by atoms with van der Waals surface area (Å²) in [6, 6.07) is -0.467. The van der Waals surface area contributed by atoms with Gasteiger partial charge in [0.15, 0.2) is 0 Å². The zero-order valence-electron chi connectivity index (χ0n) is 11.5. The highest BCUT2D eigenvalue weighted by Gasteiger charge is 2.28. The lowest BCUT2D eigenvalue weighted by Crippen LogP contribution is -2.59. The third-order valence-electron chi connectivity index (χ3n) is 3.00. The van der Waals surface area contributed by atoms with Crippen LogP contribution in [-0.4, -0.2) is 46.5 Å². The van der Waals surface area contributed by atoms with Gasteiger partial charge in [0.05, 0.1) is 24.8 Å². The predicted octanol–water partition coefficient (Wildman–Crippen LogP) is 0.0126. The van der Waals surface area contributed by atoms with Crippen LogP contribution in [0.15, 0.2) is 0 Å². The van der Waals surface area contributed by atoms with Gasteiger partial charge in [-0.2, -0.15) is 0 Å². The van der Waals surface area contributed by atoms with E-state index < -0.39 is 11.6 Å². The van der Waals surface area contributed by atoms with Gasteiger partial charge in [0.1, 0.15) is 0 Å². The summed E-state index contributed by atoms with van der Waals surface area (Å²) < 4.78 is 0. The lowest BCUT2D eigenvalue weighted by Gasteiger charge is -2.32. The number of aliphatic hydroxyl groups is 2. The van der Waals surface area contributed by atoms with E-state index in [9.17, 15) is 4.79 Å². The summed E-state index contributed by atoms with van der Waals surface area (Å²) in [7, 11) is 0. The molecule has 0 saturated carbocycles. The minimum absolute atomic E-state index is 0.134. The maximum absolute atomic E-state index is 11.9. The molecule has 0 radical (unpaired) electrons. The third-order valence-corrected chi connectivity index (χ3v) is 3.00. The quantitative estimate of drug-likeness (QED) is 0.510. The van der Waals surface area contributed by atoms with E-state index in [0.717, 1.165) is 6.42 Å². The van der Waals surface area contributed by atoms with E-state index in [2.05, 4.69) is 10.6 Å². The summed E-state index contributed by atoms with van der Waals surface area (Å²) in [6.45, 7) is 8.84. The van der Waals surface area contributed by atoms with Gasteiger partial charge in [0.2, 0.25) is 5.91 Å². The molecule has 0 aromatic heterocycles. The number of hydrogen-bond donors (Lipinski definition) is 4. The number of carbonyl (C=O) groups is 1. The molecular weight excluding hydrogens is 220 g/mol. The lowest BCUT2D eigenvalue weighted by atomic mass is 10.0. The van der Waals surface area contributed by atoms with Crippen molar-refractivity contribution in [3.05, 3.63) is 0 Å². The van der Waals surface area contributed by atoms with Crippen LogP contribution in [-0.2, 0) is 4.79 Å². The maximum Gasteiger partial charge on any atom is 0.237 e. The van der Waals surface area contributed by atoms with Gasteiger partial charge in [0, 0.05) is 5.54 Å². The lowest BCUT2D eigenvalue weighted by molar-refractivity contribution is -0.125. The average Bonchev–Trinajstić information content (AvgIpc) is 2.28. The number of amides is 1. The minimum Gasteiger partial charge on any atom is -0.394 e. The Labute approximate surface area is 104 Å². The summed E-state index contributed by atoms with van der Waals surface area (Å²) in [5.74, 6) is -0.134. The number of hydrogen-bond acceptors (Lipinski definition) is 4. The van der Waals surface area contributed by atoms with Gasteiger partial charge in [-0.05, 0) is 34.1 Å². The Morgan fingerprint density at radius 3 is 2.06 bits per heavy atom. The van der Waals surface area contributed by atoms with Crippen LogP contribution in [0.25, 0.3) is 0 Å². The highest BCUT2D eigenvalue weighted by atomic mass is 16.3. The monoisotopic (exact) mass is 246 g/mol. The van der Waals surface area contributed by atoms with Gasteiger partial charge < -0.3 is 15.5 Å². The fraction of sp³-hybridized carbons (Fsp3) is 0.917. The highest BCUT2D eigenvalue weighted by Crippen LogP contribution is 2.08. The smallest absolute Gasteiger partial charge is 0.237 e. The first kappa shape index (κ1) is 16.4. The minimum atomic E-state index is -0.840. The number of aliphatic hydroxyl groups excluding tert-OH is 2. The van der Waals surface area contributed by atoms with Crippen molar-refractivity contribution >= 4 is 5.91 Å². The zero-order valence-corrected chi connectivity index (χ0v) is 11.5. The number of carbonyl (C=O) groups excluding carboxylic acids is 1. The van der Waals surface area contributed by atoms with E-state index in [-0.39, 0.29) is 24.7 Å². The molecule has 1 unspecified atom stereocenters. The van der Waals surface area contributed by atoms with Crippen LogP contribution >= 0.6 is 0 Å². The van der Waals surface area contributed by atoms with Crippen molar-refractivity contribution in [2.24, 2.45) is 0 Å². The van der Waals surface area contributed by atoms with Gasteiger partial charge >= 0.3 is 0 Å². The number of nitrogens with one attached hydrogen (secondary N) is 2. The largest absolute Gasteiger partial charge is 0.394 e. The van der Waals surface area contributed by atoms with Crippen molar-refractivity contribution in [3.63, 3.8) is 0 Å². The molecule has 0 heterocycles. The first-order valence-electron chi connectivity index (χ1n) is 6.01. The van der Waals surface area contributed by atoms with Crippen LogP contribution in [0.2, 0.25) is 0 Å². The van der Waals surface area contributed by atoms with Crippen molar-refractivity contribution in [2.45, 2.75) is 58.2 Å². The van der Waals surface area contributed by atoms with E-state index in [1.807, 2.05) is 20.8 Å². The molecule has 4 N–H and O–H groups in total. The topological polar surface area (TPSA) is 81.6 Å². The molecule has 0 spiro atoms. The molecule has 1 amide bonds. The van der Waals surface area contributed by atoms with Crippen molar-refractivity contribution in [2.75, 3.05) is 13.2 Å². The Hall–Kier alpha value is -0.650. The third kappa shape index (κ3) is 5.48. The summed E-state index contributed by atoms with van der Waals surface area (Å²) in [5, 5.41) is 24.1. The highest BCUT2D eigenvalue weighted by molar-refractivity contribution is 5.82. The zero-order chi connectivity index (χ0) is 13.7. The predicted molar refractivity (Wildman–Crippen MR) is 67.7 cm³/mol. The van der Waals surface area contributed by atoms with Gasteiger partial charge in [-0.15, -0.1) is 0 Å². The molecule has 0 aliphatic heterocycles. The molecule has 17 heavy (non-hydrogen) atoms. The molecular formula is C12H26N2O3. The summed E-state index contributed by atoms with van der Waals surface area (Å²) >= 11 is 0. The molecule has 102 valence electrons. The van der Waals surface area contributed by atoms with Crippen LogP contribution in [0.5, 0.6) is 0 Å². The molecule has 0 bridgehead atoms. The standard InChI is InChI=1S/C12H26N2O3/c1-6-11(3,4)14-10(17)9(2)13-12(5,7-15)8-16/h9,13,15-16H,6-8H2,1-5H3,(H,14,17). The van der Waals surface area contributed by atoms with Gasteiger partial charge in [0.25, 0.3) is 0 Å². The second kappa shape index (κ2) is 6.33. The normalized spacial score (nSPS) is 14.5. The van der Waals surface area contributed by atoms with Crippen molar-refractivity contribution in [1.82, 2.24) is 10.6 Å². The first-order chi connectivity index (χ1) is 7.69. The van der Waals surface area contributed by atoms with Gasteiger partial charge in [-0.1, -0.05) is 6.92 Å². The van der Waals surface area contributed by atoms with Crippen LogP contribution in [0.3, 0.4) is 0 Å². The second-order valence-electron chi connectivity index (χ2n) is 5.47. The Bertz CT molecular complexity index is 250. The van der Waals surface area contributed by atoms with Crippen molar-refractivity contribution < 1.29 is 15.0 Å². The maximum atomic E-state index is 11.9. The molecule has 0 rings (SSSR count).